The fourth-order valence-electron chi connectivity index (χ4n) is 0.906. The van der Waals surface area contributed by atoms with Crippen molar-refractivity contribution in [1.82, 2.24) is 5.32 Å². The van der Waals surface area contributed by atoms with Crippen molar-refractivity contribution >= 4 is 11.9 Å². The number of aliphatic hydroxyl groups is 2. The van der Waals surface area contributed by atoms with Crippen LogP contribution in [0.3, 0.4) is 0 Å². The highest BCUT2D eigenvalue weighted by Crippen LogP contribution is 2.10. The Balaban J connectivity index is 2.68. The van der Waals surface area contributed by atoms with Gasteiger partial charge in [-0.25, -0.2) is 4.79 Å². The van der Waals surface area contributed by atoms with Gasteiger partial charge in [-0.3, -0.25) is 10.7 Å². The van der Waals surface area contributed by atoms with Crippen LogP contribution in [0.1, 0.15) is 0 Å². The SMILES string of the molecule is N=C(N)NC(O)(O)C(=O)Oc1ccccc1. The van der Waals surface area contributed by atoms with E-state index >= 15 is 0 Å². The van der Waals surface area contributed by atoms with Crippen molar-refractivity contribution in [3.8, 4) is 5.75 Å². The molecule has 0 unspecified atom stereocenters. The van der Waals surface area contributed by atoms with Gasteiger partial charge in [0, 0.05) is 0 Å². The topological polar surface area (TPSA) is 129 Å². The van der Waals surface area contributed by atoms with Crippen molar-refractivity contribution in [1.29, 1.82) is 5.41 Å². The minimum Gasteiger partial charge on any atom is -0.421 e. The highest BCUT2D eigenvalue weighted by Gasteiger charge is 2.36. The Kier molecular flexibility index (Phi) is 3.44. The number of esters is 1. The number of nitrogens with one attached hydrogen (secondary N) is 2. The largest absolute Gasteiger partial charge is 0.421 e. The molecule has 0 saturated carbocycles. The summed E-state index contributed by atoms with van der Waals surface area (Å²) in [5.74, 6) is -5.03. The molecule has 7 nitrogen and oxygen atoms in total. The van der Waals surface area contributed by atoms with Gasteiger partial charge < -0.3 is 20.7 Å². The highest BCUT2D eigenvalue weighted by molar-refractivity contribution is 5.85. The van der Waals surface area contributed by atoms with Crippen LogP contribution in [0.15, 0.2) is 30.3 Å². The maximum absolute atomic E-state index is 11.2. The fourth-order valence-corrected chi connectivity index (χ4v) is 0.906. The summed E-state index contributed by atoms with van der Waals surface area (Å²) in [6, 6.07) is 7.84. The molecule has 0 aliphatic heterocycles. The molecule has 0 bridgehead atoms. The second kappa shape index (κ2) is 4.60. The monoisotopic (exact) mass is 225 g/mol. The number of carbonyl (C=O) groups is 1. The summed E-state index contributed by atoms with van der Waals surface area (Å²) in [6.07, 6.45) is 0. The van der Waals surface area contributed by atoms with Gasteiger partial charge >= 0.3 is 11.9 Å². The molecule has 0 heterocycles. The Morgan fingerprint density at radius 3 is 2.44 bits per heavy atom. The predicted octanol–water partition coefficient (Wildman–Crippen LogP) is -1.29. The van der Waals surface area contributed by atoms with Crippen molar-refractivity contribution in [2.24, 2.45) is 5.73 Å². The van der Waals surface area contributed by atoms with E-state index in [1.165, 1.54) is 12.1 Å². The summed E-state index contributed by atoms with van der Waals surface area (Å²) in [4.78, 5) is 11.2. The Morgan fingerprint density at radius 1 is 1.38 bits per heavy atom. The summed E-state index contributed by atoms with van der Waals surface area (Å²) in [5, 5.41) is 26.7. The lowest BCUT2D eigenvalue weighted by molar-refractivity contribution is -0.205. The van der Waals surface area contributed by atoms with Gasteiger partial charge in [-0.2, -0.15) is 0 Å². The summed E-state index contributed by atoms with van der Waals surface area (Å²) in [7, 11) is 0. The van der Waals surface area contributed by atoms with Crippen molar-refractivity contribution in [3.63, 3.8) is 0 Å². The van der Waals surface area contributed by atoms with E-state index in [-0.39, 0.29) is 5.75 Å². The van der Waals surface area contributed by atoms with Crippen LogP contribution in [0.2, 0.25) is 0 Å². The predicted molar refractivity (Wildman–Crippen MR) is 54.3 cm³/mol. The molecule has 0 radical (unpaired) electrons. The van der Waals surface area contributed by atoms with Crippen LogP contribution in [0, 0.1) is 5.41 Å². The van der Waals surface area contributed by atoms with Crippen LogP contribution < -0.4 is 15.8 Å². The summed E-state index contributed by atoms with van der Waals surface area (Å²) >= 11 is 0. The first kappa shape index (κ1) is 12.0. The summed E-state index contributed by atoms with van der Waals surface area (Å²) in [5.41, 5.74) is 4.85. The zero-order valence-corrected chi connectivity index (χ0v) is 8.18. The number of nitrogens with two attached hydrogens (primary N) is 1. The normalized spacial score (nSPS) is 10.6. The fraction of sp³-hybridized carbons (Fsp3) is 0.111. The van der Waals surface area contributed by atoms with E-state index < -0.39 is 17.8 Å². The molecular formula is C9H11N3O4. The van der Waals surface area contributed by atoms with Crippen LogP contribution in [-0.2, 0) is 4.79 Å². The van der Waals surface area contributed by atoms with Crippen LogP contribution >= 0.6 is 0 Å². The first-order valence-electron chi connectivity index (χ1n) is 4.26. The van der Waals surface area contributed by atoms with Gasteiger partial charge in [-0.1, -0.05) is 18.2 Å². The number of guanidine groups is 1. The number of carbonyl (C=O) groups excluding carboxylic acids is 1. The van der Waals surface area contributed by atoms with Crippen molar-refractivity contribution < 1.29 is 19.7 Å². The third-order valence-electron chi connectivity index (χ3n) is 1.55. The van der Waals surface area contributed by atoms with Crippen molar-refractivity contribution in [3.05, 3.63) is 30.3 Å². The van der Waals surface area contributed by atoms with Gasteiger partial charge in [0.1, 0.15) is 5.75 Å². The molecule has 0 aromatic heterocycles. The molecule has 0 atom stereocenters. The molecule has 1 aromatic carbocycles. The first-order valence-corrected chi connectivity index (χ1v) is 4.26. The van der Waals surface area contributed by atoms with Gasteiger partial charge in [0.25, 0.3) is 0 Å². The molecule has 86 valence electrons. The van der Waals surface area contributed by atoms with Crippen molar-refractivity contribution in [2.45, 2.75) is 5.91 Å². The molecule has 0 aliphatic carbocycles. The van der Waals surface area contributed by atoms with Gasteiger partial charge in [-0.15, -0.1) is 0 Å². The van der Waals surface area contributed by atoms with Gasteiger partial charge in [0.15, 0.2) is 5.96 Å². The Morgan fingerprint density at radius 2 is 1.94 bits per heavy atom. The molecule has 0 amide bonds. The van der Waals surface area contributed by atoms with E-state index in [4.69, 9.17) is 21.4 Å². The van der Waals surface area contributed by atoms with E-state index in [1.807, 2.05) is 0 Å². The number of ether oxygens (including phenoxy) is 1. The molecule has 0 saturated heterocycles. The van der Waals surface area contributed by atoms with Crippen LogP contribution in [-0.4, -0.2) is 28.1 Å². The number of benzene rings is 1. The second-order valence-corrected chi connectivity index (χ2v) is 2.91. The lowest BCUT2D eigenvalue weighted by Gasteiger charge is -2.20. The molecule has 1 rings (SSSR count). The van der Waals surface area contributed by atoms with Crippen LogP contribution in [0.25, 0.3) is 0 Å². The molecule has 0 aliphatic rings. The maximum Gasteiger partial charge on any atom is 0.395 e. The maximum atomic E-state index is 11.2. The lowest BCUT2D eigenvalue weighted by Crippen LogP contribution is -2.58. The average molecular weight is 225 g/mol. The second-order valence-electron chi connectivity index (χ2n) is 2.91. The zero-order chi connectivity index (χ0) is 12.2. The third-order valence-corrected chi connectivity index (χ3v) is 1.55. The summed E-state index contributed by atoms with van der Waals surface area (Å²) in [6.45, 7) is 0. The van der Waals surface area contributed by atoms with Gasteiger partial charge in [-0.05, 0) is 12.1 Å². The van der Waals surface area contributed by atoms with E-state index in [9.17, 15) is 4.79 Å². The van der Waals surface area contributed by atoms with E-state index in [0.717, 1.165) is 0 Å². The summed E-state index contributed by atoms with van der Waals surface area (Å²) < 4.78 is 4.63. The quantitative estimate of drug-likeness (QED) is 0.143. The Labute approximate surface area is 91.0 Å². The van der Waals surface area contributed by atoms with Crippen LogP contribution in [0.5, 0.6) is 5.75 Å². The molecule has 7 heteroatoms. The lowest BCUT2D eigenvalue weighted by atomic mass is 10.3. The third kappa shape index (κ3) is 3.23. The van der Waals surface area contributed by atoms with Crippen molar-refractivity contribution in [2.75, 3.05) is 0 Å². The molecule has 0 spiro atoms. The number of hydrogen-bond acceptors (Lipinski definition) is 5. The van der Waals surface area contributed by atoms with E-state index in [0.29, 0.717) is 0 Å². The smallest absolute Gasteiger partial charge is 0.395 e. The Bertz CT molecular complexity index is 391. The highest BCUT2D eigenvalue weighted by atomic mass is 16.6. The average Bonchev–Trinajstić information content (AvgIpc) is 2.17. The molecule has 16 heavy (non-hydrogen) atoms. The van der Waals surface area contributed by atoms with Gasteiger partial charge in [0.2, 0.25) is 0 Å². The Hall–Kier alpha value is -2.12. The zero-order valence-electron chi connectivity index (χ0n) is 8.18. The minimum absolute atomic E-state index is 0.144. The minimum atomic E-state index is -3.03. The standard InChI is InChI=1S/C9H11N3O4/c10-8(11)12-9(14,15)7(13)16-6-4-2-1-3-5-6/h1-5,14-15H,(H4,10,11,12). The molecule has 1 aromatic rings. The number of hydrogen-bond donors (Lipinski definition) is 5. The molecular weight excluding hydrogens is 214 g/mol. The number of para-hydroxylation sites is 1. The van der Waals surface area contributed by atoms with E-state index in [2.05, 4.69) is 4.74 Å². The molecule has 6 N–H and O–H groups in total. The molecule has 0 fully saturated rings. The first-order chi connectivity index (χ1) is 7.42. The number of rotatable bonds is 3. The van der Waals surface area contributed by atoms with E-state index in [1.54, 1.807) is 23.5 Å². The van der Waals surface area contributed by atoms with Gasteiger partial charge in [0.05, 0.1) is 0 Å². The van der Waals surface area contributed by atoms with Crippen LogP contribution in [0.4, 0.5) is 0 Å².